The van der Waals surface area contributed by atoms with Gasteiger partial charge >= 0.3 is 5.97 Å². The predicted molar refractivity (Wildman–Crippen MR) is 167 cm³/mol. The van der Waals surface area contributed by atoms with Gasteiger partial charge < -0.3 is 9.53 Å². The quantitative estimate of drug-likeness (QED) is 0.264. The van der Waals surface area contributed by atoms with Crippen molar-refractivity contribution in [1.82, 2.24) is 0 Å². The number of fused-ring (bicyclic) bond motifs is 7. The fourth-order valence-electron chi connectivity index (χ4n) is 11.5. The molecule has 6 rings (SSSR count). The van der Waals surface area contributed by atoms with Gasteiger partial charge in [0.05, 0.1) is 18.7 Å². The maximum atomic E-state index is 14.7. The Morgan fingerprint density at radius 1 is 0.907 bits per heavy atom. The second-order valence-corrected chi connectivity index (χ2v) is 17.0. The highest BCUT2D eigenvalue weighted by molar-refractivity contribution is 6.02. The molecule has 0 bridgehead atoms. The van der Waals surface area contributed by atoms with Crippen molar-refractivity contribution in [3.63, 3.8) is 0 Å². The van der Waals surface area contributed by atoms with Crippen molar-refractivity contribution in [2.24, 2.45) is 56.2 Å². The average molecular weight is 584 g/mol. The Morgan fingerprint density at radius 2 is 1.58 bits per heavy atom. The van der Waals surface area contributed by atoms with Crippen LogP contribution >= 0.6 is 0 Å². The van der Waals surface area contributed by atoms with Gasteiger partial charge in [-0.1, -0.05) is 72.7 Å². The zero-order valence-corrected chi connectivity index (χ0v) is 27.2. The lowest BCUT2D eigenvalue weighted by molar-refractivity contribution is -0.226. The van der Waals surface area contributed by atoms with E-state index in [-0.39, 0.29) is 68.2 Å². The number of Topliss-reactive ketones (excluding diaryl/α,β-unsaturated/α-hetero) is 2. The zero-order chi connectivity index (χ0) is 31.2. The molecule has 0 N–H and O–H groups in total. The Kier molecular flexibility index (Phi) is 6.78. The van der Waals surface area contributed by atoms with Crippen LogP contribution in [-0.4, -0.2) is 24.1 Å². The summed E-state index contributed by atoms with van der Waals surface area (Å²) in [6, 6.07) is 9.22. The van der Waals surface area contributed by atoms with E-state index in [0.717, 1.165) is 44.9 Å². The molecule has 0 amide bonds. The van der Waals surface area contributed by atoms with Crippen LogP contribution in [-0.2, 0) is 14.3 Å². The number of benzene rings is 1. The molecule has 5 aliphatic carbocycles. The van der Waals surface area contributed by atoms with Crippen LogP contribution in [0.2, 0.25) is 0 Å². The maximum Gasteiger partial charge on any atom is 0.338 e. The van der Waals surface area contributed by atoms with E-state index in [2.05, 4.69) is 39.5 Å². The largest absolute Gasteiger partial charge is 0.461 e. The second-order valence-electron chi connectivity index (χ2n) is 17.0. The maximum absolute atomic E-state index is 14.7. The minimum Gasteiger partial charge on any atom is -0.461 e. The van der Waals surface area contributed by atoms with Gasteiger partial charge in [-0.25, -0.2) is 9.64 Å². The summed E-state index contributed by atoms with van der Waals surface area (Å²) < 4.78 is 6.10. The highest BCUT2D eigenvalue weighted by atomic mass is 16.5. The summed E-state index contributed by atoms with van der Waals surface area (Å²) in [6.45, 7) is 24.0. The van der Waals surface area contributed by atoms with Gasteiger partial charge in [-0.15, -0.1) is 0 Å². The molecule has 0 unspecified atom stereocenters. The highest BCUT2D eigenvalue weighted by Crippen LogP contribution is 2.75. The van der Waals surface area contributed by atoms with Crippen LogP contribution in [0.4, 0.5) is 0 Å². The van der Waals surface area contributed by atoms with Gasteiger partial charge in [0, 0.05) is 23.2 Å². The average Bonchev–Trinajstić information content (AvgIpc) is 2.95. The first-order valence-electron chi connectivity index (χ1n) is 16.4. The molecular weight excluding hydrogens is 534 g/mol. The number of esters is 1. The molecule has 0 aliphatic heterocycles. The fourth-order valence-corrected chi connectivity index (χ4v) is 11.5. The van der Waals surface area contributed by atoms with Gasteiger partial charge in [-0.3, -0.25) is 4.79 Å². The molecule has 1 aromatic rings. The van der Waals surface area contributed by atoms with Crippen molar-refractivity contribution in [1.29, 1.82) is 0 Å². The van der Waals surface area contributed by atoms with Crippen LogP contribution in [0.5, 0.6) is 0 Å². The Balaban J connectivity index is 1.38. The number of allylic oxidation sites excluding steroid dienone is 2. The number of carbonyl (C=O) groups excluding carboxylic acids is 3. The number of nitrogens with zero attached hydrogens (tertiary/aromatic N) is 1. The van der Waals surface area contributed by atoms with Crippen LogP contribution < -0.4 is 0 Å². The lowest BCUT2D eigenvalue weighted by Crippen LogP contribution is -2.69. The summed E-state index contributed by atoms with van der Waals surface area (Å²) in [6.07, 6.45) is 9.27. The fraction of sp³-hybridized carbons (Fsp3) is 0.684. The summed E-state index contributed by atoms with van der Waals surface area (Å²) in [4.78, 5) is 44.9. The molecule has 5 heteroatoms. The molecule has 0 heterocycles. The third-order valence-corrected chi connectivity index (χ3v) is 14.1. The minimum atomic E-state index is -0.622. The van der Waals surface area contributed by atoms with Gasteiger partial charge in [-0.2, -0.15) is 0 Å². The molecular formula is C38H49NO4. The molecule has 5 nitrogen and oxygen atoms in total. The Labute approximate surface area is 258 Å². The van der Waals surface area contributed by atoms with Crippen LogP contribution in [0.25, 0.3) is 4.85 Å². The van der Waals surface area contributed by atoms with Crippen LogP contribution in [0, 0.1) is 62.7 Å². The SMILES string of the molecule is [C-]#[N+]C1=C[C@]2(C)[C@H]3CC(=O)[C@@H]4[C@@H]5CC(C)(C)CC[C@]5(COC(=O)c5ccccc5)CC[C@@]4(C)[C@]3(C)CC[C@H]2C(C)(C)C1=O. The second kappa shape index (κ2) is 9.63. The summed E-state index contributed by atoms with van der Waals surface area (Å²) in [5, 5.41) is 0. The van der Waals surface area contributed by atoms with Gasteiger partial charge in [0.25, 0.3) is 0 Å². The number of hydrogen-bond donors (Lipinski definition) is 0. The lowest BCUT2D eigenvalue weighted by Gasteiger charge is -2.72. The number of ether oxygens (including phenoxy) is 1. The molecule has 0 aromatic heterocycles. The van der Waals surface area contributed by atoms with E-state index in [1.165, 1.54) is 0 Å². The first kappa shape index (κ1) is 30.3. The van der Waals surface area contributed by atoms with E-state index in [1.54, 1.807) is 12.1 Å². The molecule has 4 saturated carbocycles. The molecule has 0 radical (unpaired) electrons. The lowest BCUT2D eigenvalue weighted by atomic mass is 9.32. The smallest absolute Gasteiger partial charge is 0.338 e. The van der Waals surface area contributed by atoms with E-state index in [4.69, 9.17) is 11.3 Å². The van der Waals surface area contributed by atoms with Crippen molar-refractivity contribution in [3.8, 4) is 0 Å². The van der Waals surface area contributed by atoms with Crippen molar-refractivity contribution >= 4 is 17.5 Å². The summed E-state index contributed by atoms with van der Waals surface area (Å²) in [5.74, 6) is 0.289. The van der Waals surface area contributed by atoms with Gasteiger partial charge in [0.1, 0.15) is 5.78 Å². The minimum absolute atomic E-state index is 0.0447. The van der Waals surface area contributed by atoms with E-state index in [0.29, 0.717) is 24.4 Å². The summed E-state index contributed by atoms with van der Waals surface area (Å²) >= 11 is 0. The number of carbonyl (C=O) groups is 3. The zero-order valence-electron chi connectivity index (χ0n) is 27.2. The van der Waals surface area contributed by atoms with E-state index in [1.807, 2.05) is 38.1 Å². The van der Waals surface area contributed by atoms with Crippen molar-refractivity contribution in [2.45, 2.75) is 99.8 Å². The monoisotopic (exact) mass is 583 g/mol. The molecule has 4 fully saturated rings. The van der Waals surface area contributed by atoms with Crippen molar-refractivity contribution in [2.75, 3.05) is 6.61 Å². The molecule has 8 atom stereocenters. The van der Waals surface area contributed by atoms with E-state index < -0.39 is 5.41 Å². The number of rotatable bonds is 3. The summed E-state index contributed by atoms with van der Waals surface area (Å²) in [7, 11) is 0. The molecule has 1 aromatic carbocycles. The Hall–Kier alpha value is -2.74. The molecule has 230 valence electrons. The number of hydrogen-bond acceptors (Lipinski definition) is 4. The Bertz CT molecular complexity index is 1430. The molecule has 5 aliphatic rings. The van der Waals surface area contributed by atoms with Gasteiger partial charge in [0.15, 0.2) is 5.78 Å². The first-order chi connectivity index (χ1) is 20.0. The highest BCUT2D eigenvalue weighted by Gasteiger charge is 2.72. The Morgan fingerprint density at radius 3 is 2.26 bits per heavy atom. The van der Waals surface area contributed by atoms with Crippen molar-refractivity contribution < 1.29 is 19.1 Å². The third kappa shape index (κ3) is 4.17. The van der Waals surface area contributed by atoms with Gasteiger partial charge in [-0.05, 0) is 96.5 Å². The van der Waals surface area contributed by atoms with E-state index >= 15 is 0 Å². The first-order valence-corrected chi connectivity index (χ1v) is 16.4. The van der Waals surface area contributed by atoms with Crippen LogP contribution in [0.1, 0.15) is 110 Å². The standard InChI is InChI=1S/C38H49NO4/c1-33(2)16-18-38(23-43-32(42)24-12-10-9-11-13-24)19-17-37(7)30(25(38)21-33)27(40)20-29-35(5)22-26(39-8)31(41)34(3,4)28(35)14-15-36(29,37)6/h9-13,22,25,28-30H,14-21,23H2,1-7H3/t25-,28-,29+,30-,35-,36+,37+,38+/m0/s1. The molecule has 43 heavy (non-hydrogen) atoms. The summed E-state index contributed by atoms with van der Waals surface area (Å²) in [5.41, 5.74) is -0.566. The van der Waals surface area contributed by atoms with E-state index in [9.17, 15) is 14.4 Å². The van der Waals surface area contributed by atoms with Gasteiger partial charge in [0.2, 0.25) is 5.70 Å². The van der Waals surface area contributed by atoms with Crippen LogP contribution in [0.15, 0.2) is 42.1 Å². The third-order valence-electron chi connectivity index (χ3n) is 14.1. The van der Waals surface area contributed by atoms with Crippen molar-refractivity contribution in [3.05, 3.63) is 59.1 Å². The number of ketones is 2. The predicted octanol–water partition coefficient (Wildman–Crippen LogP) is 8.50. The van der Waals surface area contributed by atoms with Crippen LogP contribution in [0.3, 0.4) is 0 Å². The molecule has 0 spiro atoms. The molecule has 0 saturated heterocycles. The topological polar surface area (TPSA) is 64.8 Å². The normalized spacial score (nSPS) is 42.7.